The van der Waals surface area contributed by atoms with Gasteiger partial charge in [-0.3, -0.25) is 0 Å². The van der Waals surface area contributed by atoms with Gasteiger partial charge in [0.25, 0.3) is 0 Å². The third-order valence-electron chi connectivity index (χ3n) is 3.30. The Morgan fingerprint density at radius 2 is 2.00 bits per heavy atom. The van der Waals surface area contributed by atoms with Crippen molar-refractivity contribution in [2.75, 3.05) is 6.61 Å². The summed E-state index contributed by atoms with van der Waals surface area (Å²) in [5, 5.41) is 0.414. The number of rotatable bonds is 5. The van der Waals surface area contributed by atoms with Crippen molar-refractivity contribution < 1.29 is 4.74 Å². The van der Waals surface area contributed by atoms with Gasteiger partial charge in [-0.1, -0.05) is 24.6 Å². The van der Waals surface area contributed by atoms with E-state index in [2.05, 4.69) is 0 Å². The summed E-state index contributed by atoms with van der Waals surface area (Å²) >= 11 is 6.23. The van der Waals surface area contributed by atoms with E-state index in [1.807, 2.05) is 30.3 Å². The lowest BCUT2D eigenvalue weighted by Gasteiger charge is -2.13. The van der Waals surface area contributed by atoms with Crippen LogP contribution in [0.4, 0.5) is 0 Å². The molecule has 0 heterocycles. The standard InChI is InChI=1S/C14H19ClO/c15-14-10-4-6-12(14)7-5-11-16-13-8-2-1-3-9-13/h1-3,8-9,12,14H,4-7,10-11H2. The molecule has 1 aliphatic carbocycles. The highest BCUT2D eigenvalue weighted by molar-refractivity contribution is 6.20. The Balaban J connectivity index is 1.62. The molecule has 0 amide bonds. The van der Waals surface area contributed by atoms with Crippen LogP contribution in [-0.2, 0) is 0 Å². The van der Waals surface area contributed by atoms with Crippen LogP contribution in [0.3, 0.4) is 0 Å². The number of benzene rings is 1. The van der Waals surface area contributed by atoms with Crippen molar-refractivity contribution >= 4 is 11.6 Å². The summed E-state index contributed by atoms with van der Waals surface area (Å²) in [5.41, 5.74) is 0. The van der Waals surface area contributed by atoms with Crippen LogP contribution in [0.2, 0.25) is 0 Å². The molecule has 0 aliphatic heterocycles. The molecule has 1 nitrogen and oxygen atoms in total. The number of ether oxygens (including phenoxy) is 1. The lowest BCUT2D eigenvalue weighted by molar-refractivity contribution is 0.293. The van der Waals surface area contributed by atoms with Crippen molar-refractivity contribution in [3.05, 3.63) is 30.3 Å². The Labute approximate surface area is 103 Å². The zero-order chi connectivity index (χ0) is 11.2. The highest BCUT2D eigenvalue weighted by Crippen LogP contribution is 2.33. The van der Waals surface area contributed by atoms with Gasteiger partial charge in [0.15, 0.2) is 0 Å². The van der Waals surface area contributed by atoms with Gasteiger partial charge >= 0.3 is 0 Å². The monoisotopic (exact) mass is 238 g/mol. The SMILES string of the molecule is ClC1CCCC1CCCOc1ccccc1. The average molecular weight is 239 g/mol. The number of hydrogen-bond acceptors (Lipinski definition) is 1. The average Bonchev–Trinajstić information content (AvgIpc) is 2.72. The van der Waals surface area contributed by atoms with Crippen LogP contribution < -0.4 is 4.74 Å². The van der Waals surface area contributed by atoms with Gasteiger partial charge in [0, 0.05) is 5.38 Å². The summed E-state index contributed by atoms with van der Waals surface area (Å²) in [4.78, 5) is 0. The van der Waals surface area contributed by atoms with E-state index in [1.165, 1.54) is 25.7 Å². The van der Waals surface area contributed by atoms with Crippen LogP contribution in [0.1, 0.15) is 32.1 Å². The van der Waals surface area contributed by atoms with Gasteiger partial charge in [-0.25, -0.2) is 0 Å². The highest BCUT2D eigenvalue weighted by atomic mass is 35.5. The predicted octanol–water partition coefficient (Wildman–Crippen LogP) is 4.25. The van der Waals surface area contributed by atoms with E-state index in [0.29, 0.717) is 5.38 Å². The fourth-order valence-electron chi connectivity index (χ4n) is 2.37. The molecule has 2 atom stereocenters. The minimum Gasteiger partial charge on any atom is -0.494 e. The Morgan fingerprint density at radius 3 is 2.69 bits per heavy atom. The first-order valence-corrected chi connectivity index (χ1v) is 6.62. The first-order valence-electron chi connectivity index (χ1n) is 6.18. The quantitative estimate of drug-likeness (QED) is 0.550. The van der Waals surface area contributed by atoms with E-state index in [4.69, 9.17) is 16.3 Å². The molecule has 0 saturated heterocycles. The second kappa shape index (κ2) is 6.15. The van der Waals surface area contributed by atoms with E-state index in [-0.39, 0.29) is 0 Å². The van der Waals surface area contributed by atoms with Gasteiger partial charge in [0.05, 0.1) is 6.61 Å². The maximum atomic E-state index is 6.23. The molecule has 2 heteroatoms. The molecule has 1 aliphatic rings. The van der Waals surface area contributed by atoms with Crippen LogP contribution in [0.5, 0.6) is 5.75 Å². The molecule has 1 aromatic rings. The Hall–Kier alpha value is -0.690. The minimum absolute atomic E-state index is 0.414. The first kappa shape index (κ1) is 11.8. The van der Waals surface area contributed by atoms with Crippen LogP contribution in [0, 0.1) is 5.92 Å². The minimum atomic E-state index is 0.414. The van der Waals surface area contributed by atoms with E-state index >= 15 is 0 Å². The summed E-state index contributed by atoms with van der Waals surface area (Å²) in [7, 11) is 0. The lowest BCUT2D eigenvalue weighted by Crippen LogP contribution is -2.08. The molecule has 0 N–H and O–H groups in total. The summed E-state index contributed by atoms with van der Waals surface area (Å²) < 4.78 is 5.66. The molecule has 0 aromatic heterocycles. The topological polar surface area (TPSA) is 9.23 Å². The van der Waals surface area contributed by atoms with Gasteiger partial charge in [-0.15, -0.1) is 11.6 Å². The van der Waals surface area contributed by atoms with Crippen molar-refractivity contribution in [1.29, 1.82) is 0 Å². The Morgan fingerprint density at radius 1 is 1.19 bits per heavy atom. The van der Waals surface area contributed by atoms with Crippen molar-refractivity contribution in [2.24, 2.45) is 5.92 Å². The molecule has 0 spiro atoms. The molecule has 1 aromatic carbocycles. The molecule has 0 radical (unpaired) electrons. The van der Waals surface area contributed by atoms with E-state index in [9.17, 15) is 0 Å². The molecule has 2 rings (SSSR count). The van der Waals surface area contributed by atoms with Gasteiger partial charge in [-0.05, 0) is 43.7 Å². The van der Waals surface area contributed by atoms with E-state index in [0.717, 1.165) is 24.7 Å². The second-order valence-electron chi connectivity index (χ2n) is 4.51. The van der Waals surface area contributed by atoms with Crippen LogP contribution >= 0.6 is 11.6 Å². The molecule has 1 fully saturated rings. The lowest BCUT2D eigenvalue weighted by atomic mass is 10.0. The molecular formula is C14H19ClO. The fourth-order valence-corrected chi connectivity index (χ4v) is 2.78. The highest BCUT2D eigenvalue weighted by Gasteiger charge is 2.24. The fraction of sp³-hybridized carbons (Fsp3) is 0.571. The van der Waals surface area contributed by atoms with Crippen molar-refractivity contribution in [3.63, 3.8) is 0 Å². The Kier molecular flexibility index (Phi) is 4.53. The van der Waals surface area contributed by atoms with Gasteiger partial charge in [-0.2, -0.15) is 0 Å². The normalized spacial score (nSPS) is 24.6. The maximum absolute atomic E-state index is 6.23. The summed E-state index contributed by atoms with van der Waals surface area (Å²) in [6.45, 7) is 0.810. The third kappa shape index (κ3) is 3.41. The zero-order valence-electron chi connectivity index (χ0n) is 9.57. The largest absolute Gasteiger partial charge is 0.494 e. The van der Waals surface area contributed by atoms with Crippen molar-refractivity contribution in [3.8, 4) is 5.75 Å². The predicted molar refractivity (Wildman–Crippen MR) is 68.2 cm³/mol. The second-order valence-corrected chi connectivity index (χ2v) is 5.07. The third-order valence-corrected chi connectivity index (χ3v) is 3.87. The maximum Gasteiger partial charge on any atom is 0.119 e. The summed E-state index contributed by atoms with van der Waals surface area (Å²) in [6.07, 6.45) is 6.13. The summed E-state index contributed by atoms with van der Waals surface area (Å²) in [5.74, 6) is 1.69. The van der Waals surface area contributed by atoms with Gasteiger partial charge in [0.2, 0.25) is 0 Å². The first-order chi connectivity index (χ1) is 7.86. The number of hydrogen-bond donors (Lipinski definition) is 0. The van der Waals surface area contributed by atoms with E-state index in [1.54, 1.807) is 0 Å². The van der Waals surface area contributed by atoms with Crippen molar-refractivity contribution in [1.82, 2.24) is 0 Å². The van der Waals surface area contributed by atoms with Gasteiger partial charge in [0.1, 0.15) is 5.75 Å². The number of halogens is 1. The van der Waals surface area contributed by atoms with Gasteiger partial charge < -0.3 is 4.74 Å². The molecule has 2 unspecified atom stereocenters. The number of para-hydroxylation sites is 1. The molecule has 0 bridgehead atoms. The smallest absolute Gasteiger partial charge is 0.119 e. The zero-order valence-corrected chi connectivity index (χ0v) is 10.3. The number of alkyl halides is 1. The summed E-state index contributed by atoms with van der Waals surface area (Å²) in [6, 6.07) is 10.0. The van der Waals surface area contributed by atoms with Crippen molar-refractivity contribution in [2.45, 2.75) is 37.5 Å². The molecule has 16 heavy (non-hydrogen) atoms. The Bertz CT molecular complexity index is 299. The molecular weight excluding hydrogens is 220 g/mol. The van der Waals surface area contributed by atoms with Crippen LogP contribution in [0.25, 0.3) is 0 Å². The molecule has 88 valence electrons. The molecule has 1 saturated carbocycles. The van der Waals surface area contributed by atoms with E-state index < -0.39 is 0 Å². The van der Waals surface area contributed by atoms with Crippen LogP contribution in [0.15, 0.2) is 30.3 Å². The van der Waals surface area contributed by atoms with Crippen LogP contribution in [-0.4, -0.2) is 12.0 Å².